The highest BCUT2D eigenvalue weighted by Crippen LogP contribution is 1.97. The quantitative estimate of drug-likeness (QED) is 0.567. The molecule has 1 amide bonds. The van der Waals surface area contributed by atoms with Gasteiger partial charge in [-0.05, 0) is 19.4 Å². The van der Waals surface area contributed by atoms with Crippen LogP contribution in [0.3, 0.4) is 0 Å². The van der Waals surface area contributed by atoms with E-state index in [4.69, 9.17) is 5.73 Å². The van der Waals surface area contributed by atoms with Crippen molar-refractivity contribution in [2.24, 2.45) is 5.73 Å². The molecular formula is C10H22N2O2S. The average Bonchev–Trinajstić information content (AvgIpc) is 2.24. The number of unbranched alkanes of at least 4 members (excludes halogenated alkanes) is 2. The number of hydrogen-bond donors (Lipinski definition) is 2. The molecule has 0 aromatic carbocycles. The lowest BCUT2D eigenvalue weighted by Crippen LogP contribution is -2.27. The van der Waals surface area contributed by atoms with Crippen LogP contribution in [-0.2, 0) is 15.6 Å². The van der Waals surface area contributed by atoms with Crippen LogP contribution < -0.4 is 11.1 Å². The lowest BCUT2D eigenvalue weighted by atomic mass is 10.2. The van der Waals surface area contributed by atoms with E-state index in [1.807, 2.05) is 6.92 Å². The van der Waals surface area contributed by atoms with Crippen LogP contribution in [0.1, 0.15) is 32.6 Å². The van der Waals surface area contributed by atoms with Crippen molar-refractivity contribution in [3.8, 4) is 0 Å². The van der Waals surface area contributed by atoms with Crippen LogP contribution >= 0.6 is 0 Å². The summed E-state index contributed by atoms with van der Waals surface area (Å²) >= 11 is 0. The number of rotatable bonds is 9. The molecule has 15 heavy (non-hydrogen) atoms. The second-order valence-corrected chi connectivity index (χ2v) is 5.25. The fraction of sp³-hybridized carbons (Fsp3) is 0.900. The molecule has 0 aliphatic rings. The van der Waals surface area contributed by atoms with E-state index in [1.165, 1.54) is 0 Å². The highest BCUT2D eigenvalue weighted by molar-refractivity contribution is 7.84. The zero-order chi connectivity index (χ0) is 11.5. The molecule has 0 bridgehead atoms. The van der Waals surface area contributed by atoms with Crippen LogP contribution in [0.25, 0.3) is 0 Å². The van der Waals surface area contributed by atoms with Crippen LogP contribution in [0.2, 0.25) is 0 Å². The Hall–Kier alpha value is -0.420. The van der Waals surface area contributed by atoms with Crippen LogP contribution in [0.5, 0.6) is 0 Å². The van der Waals surface area contributed by atoms with Gasteiger partial charge in [0.25, 0.3) is 0 Å². The molecule has 0 aliphatic carbocycles. The van der Waals surface area contributed by atoms with Gasteiger partial charge >= 0.3 is 0 Å². The maximum Gasteiger partial charge on any atom is 0.220 e. The maximum atomic E-state index is 11.2. The molecule has 4 nitrogen and oxygen atoms in total. The summed E-state index contributed by atoms with van der Waals surface area (Å²) in [5.41, 5.74) is 5.34. The van der Waals surface area contributed by atoms with Crippen LogP contribution in [0, 0.1) is 0 Å². The molecular weight excluding hydrogens is 212 g/mol. The first kappa shape index (κ1) is 14.6. The van der Waals surface area contributed by atoms with E-state index in [9.17, 15) is 9.00 Å². The predicted octanol–water partition coefficient (Wildman–Crippen LogP) is 0.390. The Bertz CT molecular complexity index is 198. The van der Waals surface area contributed by atoms with Crippen molar-refractivity contribution in [1.82, 2.24) is 5.32 Å². The molecule has 0 aliphatic heterocycles. The van der Waals surface area contributed by atoms with Gasteiger partial charge < -0.3 is 11.1 Å². The first-order valence-electron chi connectivity index (χ1n) is 5.52. The van der Waals surface area contributed by atoms with Gasteiger partial charge in [-0.25, -0.2) is 0 Å². The van der Waals surface area contributed by atoms with Gasteiger partial charge in [-0.15, -0.1) is 0 Å². The summed E-state index contributed by atoms with van der Waals surface area (Å²) in [5, 5.41) is 2.76. The molecule has 0 fully saturated rings. The zero-order valence-corrected chi connectivity index (χ0v) is 10.3. The standard InChI is InChI=1S/C10H22N2O2S/c1-2-15(14)9-8-12-10(13)6-4-3-5-7-11/h2-9,11H2,1H3,(H,12,13). The fourth-order valence-corrected chi connectivity index (χ4v) is 1.76. The minimum absolute atomic E-state index is 0.0557. The normalized spacial score (nSPS) is 12.4. The monoisotopic (exact) mass is 234 g/mol. The minimum Gasteiger partial charge on any atom is -0.355 e. The van der Waals surface area contributed by atoms with Gasteiger partial charge in [0, 0.05) is 35.3 Å². The molecule has 0 aromatic heterocycles. The fourth-order valence-electron chi connectivity index (χ4n) is 1.14. The predicted molar refractivity (Wildman–Crippen MR) is 64.1 cm³/mol. The molecule has 0 radical (unpaired) electrons. The second kappa shape index (κ2) is 10.1. The maximum absolute atomic E-state index is 11.2. The van der Waals surface area contributed by atoms with Crippen molar-refractivity contribution >= 4 is 16.7 Å². The average molecular weight is 234 g/mol. The Kier molecular flexibility index (Phi) is 9.83. The second-order valence-electron chi connectivity index (χ2n) is 3.38. The smallest absolute Gasteiger partial charge is 0.220 e. The zero-order valence-electron chi connectivity index (χ0n) is 9.46. The minimum atomic E-state index is -0.783. The highest BCUT2D eigenvalue weighted by Gasteiger charge is 2.01. The van der Waals surface area contributed by atoms with Gasteiger partial charge in [0.2, 0.25) is 5.91 Å². The largest absolute Gasteiger partial charge is 0.355 e. The summed E-state index contributed by atoms with van der Waals surface area (Å²) in [7, 11) is -0.783. The van der Waals surface area contributed by atoms with Crippen molar-refractivity contribution in [1.29, 1.82) is 0 Å². The van der Waals surface area contributed by atoms with Gasteiger partial charge in [-0.2, -0.15) is 0 Å². The molecule has 90 valence electrons. The number of carbonyl (C=O) groups is 1. The van der Waals surface area contributed by atoms with Gasteiger partial charge in [0.05, 0.1) is 0 Å². The number of nitrogens with one attached hydrogen (secondary N) is 1. The topological polar surface area (TPSA) is 72.2 Å². The van der Waals surface area contributed by atoms with Gasteiger partial charge in [0.1, 0.15) is 0 Å². The molecule has 1 unspecified atom stereocenters. The summed E-state index contributed by atoms with van der Waals surface area (Å²) in [6.45, 7) is 3.10. The number of hydrogen-bond acceptors (Lipinski definition) is 3. The molecule has 5 heteroatoms. The SMILES string of the molecule is CCS(=O)CCNC(=O)CCCCCN. The third-order valence-corrected chi connectivity index (χ3v) is 3.39. The molecule has 0 spiro atoms. The molecule has 0 saturated carbocycles. The van der Waals surface area contributed by atoms with Crippen molar-refractivity contribution in [3.63, 3.8) is 0 Å². The van der Waals surface area contributed by atoms with Crippen molar-refractivity contribution < 1.29 is 9.00 Å². The number of amides is 1. The Balaban J connectivity index is 3.29. The van der Waals surface area contributed by atoms with Gasteiger partial charge in [0.15, 0.2) is 0 Å². The Morgan fingerprint density at radius 3 is 2.67 bits per heavy atom. The number of nitrogens with two attached hydrogens (primary N) is 1. The molecule has 0 aromatic rings. The van der Waals surface area contributed by atoms with Crippen LogP contribution in [0.15, 0.2) is 0 Å². The third-order valence-electron chi connectivity index (χ3n) is 2.08. The summed E-state index contributed by atoms with van der Waals surface area (Å²) in [6, 6.07) is 0. The lowest BCUT2D eigenvalue weighted by Gasteiger charge is -2.04. The Morgan fingerprint density at radius 1 is 1.33 bits per heavy atom. The van der Waals surface area contributed by atoms with E-state index >= 15 is 0 Å². The van der Waals surface area contributed by atoms with Crippen molar-refractivity contribution in [2.45, 2.75) is 32.6 Å². The molecule has 0 saturated heterocycles. The van der Waals surface area contributed by atoms with E-state index in [2.05, 4.69) is 5.32 Å². The summed E-state index contributed by atoms with van der Waals surface area (Å²) in [6.07, 6.45) is 3.43. The van der Waals surface area contributed by atoms with Crippen molar-refractivity contribution in [2.75, 3.05) is 24.6 Å². The summed E-state index contributed by atoms with van der Waals surface area (Å²) < 4.78 is 11.0. The van der Waals surface area contributed by atoms with E-state index in [-0.39, 0.29) is 5.91 Å². The Labute approximate surface area is 94.4 Å². The van der Waals surface area contributed by atoms with E-state index in [0.29, 0.717) is 31.0 Å². The lowest BCUT2D eigenvalue weighted by molar-refractivity contribution is -0.121. The number of carbonyl (C=O) groups excluding carboxylic acids is 1. The van der Waals surface area contributed by atoms with E-state index in [1.54, 1.807) is 0 Å². The molecule has 0 heterocycles. The highest BCUT2D eigenvalue weighted by atomic mass is 32.2. The van der Waals surface area contributed by atoms with Crippen LogP contribution in [-0.4, -0.2) is 34.7 Å². The molecule has 3 N–H and O–H groups in total. The first-order valence-corrected chi connectivity index (χ1v) is 7.01. The molecule has 1 atom stereocenters. The summed E-state index contributed by atoms with van der Waals surface area (Å²) in [4.78, 5) is 11.2. The molecule has 0 rings (SSSR count). The van der Waals surface area contributed by atoms with Gasteiger partial charge in [-0.3, -0.25) is 9.00 Å². The first-order chi connectivity index (χ1) is 7.20. The van der Waals surface area contributed by atoms with Crippen molar-refractivity contribution in [3.05, 3.63) is 0 Å². The summed E-state index contributed by atoms with van der Waals surface area (Å²) in [5.74, 6) is 1.28. The van der Waals surface area contributed by atoms with Gasteiger partial charge in [-0.1, -0.05) is 13.3 Å². The van der Waals surface area contributed by atoms with E-state index in [0.717, 1.165) is 19.3 Å². The Morgan fingerprint density at radius 2 is 2.07 bits per heavy atom. The van der Waals surface area contributed by atoms with Crippen LogP contribution in [0.4, 0.5) is 0 Å². The third kappa shape index (κ3) is 9.87. The van der Waals surface area contributed by atoms with E-state index < -0.39 is 10.8 Å².